The van der Waals surface area contributed by atoms with Crippen LogP contribution < -0.4 is 9.47 Å². The number of phenols is 1. The minimum absolute atomic E-state index is 0.0650. The standard InChI is InChI=1S/C14H14BrNO4/c15-9-7-10-13(20-6-5-19-10)11(12(9)18)14(16-8-17)3-1-2-4-14/h7,18H,1-6H2. The summed E-state index contributed by atoms with van der Waals surface area (Å²) in [6, 6.07) is 1.68. The van der Waals surface area contributed by atoms with E-state index in [0.717, 1.165) is 12.8 Å². The molecule has 20 heavy (non-hydrogen) atoms. The molecule has 1 N–H and O–H groups in total. The number of rotatable bonds is 2. The summed E-state index contributed by atoms with van der Waals surface area (Å²) >= 11 is 3.32. The van der Waals surface area contributed by atoms with Gasteiger partial charge in [-0.25, -0.2) is 4.79 Å². The third kappa shape index (κ3) is 2.00. The zero-order valence-electron chi connectivity index (χ0n) is 10.8. The highest BCUT2D eigenvalue weighted by Gasteiger charge is 2.42. The van der Waals surface area contributed by atoms with E-state index in [1.54, 1.807) is 12.1 Å². The van der Waals surface area contributed by atoms with Gasteiger partial charge in [0.05, 0.1) is 10.0 Å². The summed E-state index contributed by atoms with van der Waals surface area (Å²) in [5.41, 5.74) is -0.206. The average Bonchev–Trinajstić information content (AvgIpc) is 2.90. The van der Waals surface area contributed by atoms with Gasteiger partial charge in [0.15, 0.2) is 11.5 Å². The quantitative estimate of drug-likeness (QED) is 0.664. The second-order valence-electron chi connectivity index (χ2n) is 5.05. The molecule has 6 heteroatoms. The van der Waals surface area contributed by atoms with Crippen molar-refractivity contribution >= 4 is 22.0 Å². The molecule has 0 bridgehead atoms. The van der Waals surface area contributed by atoms with Crippen molar-refractivity contribution in [2.24, 2.45) is 4.99 Å². The van der Waals surface area contributed by atoms with Gasteiger partial charge in [-0.1, -0.05) is 12.8 Å². The average molecular weight is 340 g/mol. The number of benzene rings is 1. The van der Waals surface area contributed by atoms with Crippen molar-refractivity contribution in [2.45, 2.75) is 31.2 Å². The maximum absolute atomic E-state index is 10.8. The van der Waals surface area contributed by atoms with E-state index in [1.165, 1.54) is 0 Å². The van der Waals surface area contributed by atoms with Gasteiger partial charge in [0.1, 0.15) is 24.5 Å². The molecule has 0 unspecified atom stereocenters. The number of aliphatic imine (C=N–C) groups is 1. The van der Waals surface area contributed by atoms with Crippen molar-refractivity contribution < 1.29 is 19.4 Å². The predicted octanol–water partition coefficient (Wildman–Crippen LogP) is 3.03. The Labute approximate surface area is 124 Å². The number of isocyanates is 1. The van der Waals surface area contributed by atoms with Gasteiger partial charge < -0.3 is 14.6 Å². The van der Waals surface area contributed by atoms with Crippen LogP contribution in [0.1, 0.15) is 31.2 Å². The summed E-state index contributed by atoms with van der Waals surface area (Å²) in [6.07, 6.45) is 4.95. The zero-order valence-corrected chi connectivity index (χ0v) is 12.4. The molecule has 106 valence electrons. The van der Waals surface area contributed by atoms with Gasteiger partial charge in [-0.3, -0.25) is 0 Å². The van der Waals surface area contributed by atoms with E-state index < -0.39 is 5.54 Å². The molecule has 3 rings (SSSR count). The number of aromatic hydroxyl groups is 1. The lowest BCUT2D eigenvalue weighted by Crippen LogP contribution is -2.24. The van der Waals surface area contributed by atoms with Crippen molar-refractivity contribution in [3.63, 3.8) is 0 Å². The van der Waals surface area contributed by atoms with E-state index in [9.17, 15) is 9.90 Å². The minimum atomic E-state index is -0.750. The third-order valence-electron chi connectivity index (χ3n) is 3.91. The number of hydrogen-bond acceptors (Lipinski definition) is 5. The molecule has 0 amide bonds. The Morgan fingerprint density at radius 1 is 1.30 bits per heavy atom. The number of hydrogen-bond donors (Lipinski definition) is 1. The van der Waals surface area contributed by atoms with Crippen LogP contribution in [0.3, 0.4) is 0 Å². The summed E-state index contributed by atoms with van der Waals surface area (Å²) in [4.78, 5) is 14.9. The van der Waals surface area contributed by atoms with Crippen LogP contribution in [0.4, 0.5) is 0 Å². The van der Waals surface area contributed by atoms with Crippen LogP contribution in [0.2, 0.25) is 0 Å². The number of nitrogens with zero attached hydrogens (tertiary/aromatic N) is 1. The lowest BCUT2D eigenvalue weighted by atomic mass is 9.87. The Kier molecular flexibility index (Phi) is 3.44. The summed E-state index contributed by atoms with van der Waals surface area (Å²) in [7, 11) is 0. The van der Waals surface area contributed by atoms with E-state index in [-0.39, 0.29) is 5.75 Å². The van der Waals surface area contributed by atoms with Gasteiger partial charge in [0.25, 0.3) is 0 Å². The van der Waals surface area contributed by atoms with Gasteiger partial charge in [-0.15, -0.1) is 0 Å². The molecular weight excluding hydrogens is 326 g/mol. The smallest absolute Gasteiger partial charge is 0.235 e. The minimum Gasteiger partial charge on any atom is -0.506 e. The summed E-state index contributed by atoms with van der Waals surface area (Å²) in [6.45, 7) is 0.884. The SMILES string of the molecule is O=C=NC1(c2c(O)c(Br)cc3c2OCCO3)CCCC1. The monoisotopic (exact) mass is 339 g/mol. The van der Waals surface area contributed by atoms with Crippen molar-refractivity contribution in [2.75, 3.05) is 13.2 Å². The maximum Gasteiger partial charge on any atom is 0.235 e. The Morgan fingerprint density at radius 2 is 2.00 bits per heavy atom. The fourth-order valence-electron chi connectivity index (χ4n) is 3.04. The fraction of sp³-hybridized carbons (Fsp3) is 0.500. The predicted molar refractivity (Wildman–Crippen MR) is 75.1 cm³/mol. The Bertz CT molecular complexity index is 589. The normalized spacial score (nSPS) is 19.4. The fourth-order valence-corrected chi connectivity index (χ4v) is 3.45. The molecule has 1 fully saturated rings. The topological polar surface area (TPSA) is 68.1 Å². The van der Waals surface area contributed by atoms with E-state index in [2.05, 4.69) is 20.9 Å². The number of ether oxygens (including phenoxy) is 2. The van der Waals surface area contributed by atoms with Crippen molar-refractivity contribution in [1.29, 1.82) is 0 Å². The van der Waals surface area contributed by atoms with E-state index in [0.29, 0.717) is 47.6 Å². The summed E-state index contributed by atoms with van der Waals surface area (Å²) in [5, 5.41) is 10.4. The van der Waals surface area contributed by atoms with Gasteiger partial charge in [-0.05, 0) is 28.8 Å². The molecule has 5 nitrogen and oxygen atoms in total. The van der Waals surface area contributed by atoms with Gasteiger partial charge in [-0.2, -0.15) is 4.99 Å². The summed E-state index contributed by atoms with van der Waals surface area (Å²) in [5.74, 6) is 1.14. The van der Waals surface area contributed by atoms with Crippen LogP contribution in [0.5, 0.6) is 17.2 Å². The summed E-state index contributed by atoms with van der Waals surface area (Å²) < 4.78 is 11.8. The molecule has 1 aliphatic heterocycles. The Hall–Kier alpha value is -1.52. The molecule has 1 heterocycles. The van der Waals surface area contributed by atoms with Crippen LogP contribution in [-0.2, 0) is 10.3 Å². The Morgan fingerprint density at radius 3 is 2.70 bits per heavy atom. The number of halogens is 1. The first kappa shape index (κ1) is 13.5. The Balaban J connectivity index is 2.26. The number of fused-ring (bicyclic) bond motifs is 1. The zero-order chi connectivity index (χ0) is 14.2. The molecular formula is C14H14BrNO4. The first-order valence-corrected chi connectivity index (χ1v) is 7.38. The van der Waals surface area contributed by atoms with Crippen molar-refractivity contribution in [1.82, 2.24) is 0 Å². The van der Waals surface area contributed by atoms with Crippen LogP contribution in [0, 0.1) is 0 Å². The molecule has 1 saturated carbocycles. The number of carbonyl (C=O) groups excluding carboxylic acids is 1. The molecule has 1 aromatic rings. The van der Waals surface area contributed by atoms with E-state index in [1.807, 2.05) is 0 Å². The van der Waals surface area contributed by atoms with Crippen LogP contribution in [0.15, 0.2) is 15.5 Å². The van der Waals surface area contributed by atoms with Crippen LogP contribution in [-0.4, -0.2) is 24.4 Å². The molecule has 0 spiro atoms. The molecule has 1 aromatic carbocycles. The van der Waals surface area contributed by atoms with Gasteiger partial charge in [0.2, 0.25) is 6.08 Å². The largest absolute Gasteiger partial charge is 0.506 e. The second-order valence-corrected chi connectivity index (χ2v) is 5.90. The van der Waals surface area contributed by atoms with Crippen LogP contribution in [0.25, 0.3) is 0 Å². The van der Waals surface area contributed by atoms with Crippen molar-refractivity contribution in [3.8, 4) is 17.2 Å². The highest BCUT2D eigenvalue weighted by atomic mass is 79.9. The van der Waals surface area contributed by atoms with Crippen LogP contribution >= 0.6 is 15.9 Å². The lowest BCUT2D eigenvalue weighted by molar-refractivity contribution is 0.165. The number of phenolic OH excluding ortho intramolecular Hbond substituents is 1. The van der Waals surface area contributed by atoms with Gasteiger partial charge >= 0.3 is 0 Å². The highest BCUT2D eigenvalue weighted by Crippen LogP contribution is 2.54. The van der Waals surface area contributed by atoms with E-state index >= 15 is 0 Å². The molecule has 0 aromatic heterocycles. The van der Waals surface area contributed by atoms with Gasteiger partial charge in [0, 0.05) is 6.07 Å². The first-order valence-electron chi connectivity index (χ1n) is 6.58. The molecule has 0 radical (unpaired) electrons. The molecule has 1 aliphatic carbocycles. The van der Waals surface area contributed by atoms with Crippen molar-refractivity contribution in [3.05, 3.63) is 16.1 Å². The molecule has 0 atom stereocenters. The van der Waals surface area contributed by atoms with E-state index in [4.69, 9.17) is 9.47 Å². The first-order chi connectivity index (χ1) is 9.68. The second kappa shape index (κ2) is 5.11. The third-order valence-corrected chi connectivity index (χ3v) is 4.52. The molecule has 0 saturated heterocycles. The molecule has 2 aliphatic rings. The lowest BCUT2D eigenvalue weighted by Gasteiger charge is -2.30. The highest BCUT2D eigenvalue weighted by molar-refractivity contribution is 9.10. The maximum atomic E-state index is 10.8.